The predicted octanol–water partition coefficient (Wildman–Crippen LogP) is 5.93. The number of nitrogens with zero attached hydrogens (tertiary/aromatic N) is 2. The molecule has 4 rings (SSSR count). The lowest BCUT2D eigenvalue weighted by atomic mass is 9.87. The second-order valence-electron chi connectivity index (χ2n) is 9.05. The number of para-hydroxylation sites is 1. The molecule has 4 nitrogen and oxygen atoms in total. The number of carbonyl (C=O) groups excluding carboxylic acids is 2. The Morgan fingerprint density at radius 1 is 0.818 bits per heavy atom. The van der Waals surface area contributed by atoms with Crippen LogP contribution in [0.15, 0.2) is 84.6 Å². The molecule has 0 aliphatic carbocycles. The van der Waals surface area contributed by atoms with Crippen molar-refractivity contribution in [2.24, 2.45) is 0 Å². The van der Waals surface area contributed by atoms with Gasteiger partial charge in [0, 0.05) is 12.2 Å². The first-order chi connectivity index (χ1) is 15.7. The second-order valence-corrected chi connectivity index (χ2v) is 9.05. The van der Waals surface area contributed by atoms with E-state index in [1.165, 1.54) is 17.0 Å². The van der Waals surface area contributed by atoms with E-state index in [9.17, 15) is 14.0 Å². The van der Waals surface area contributed by atoms with Gasteiger partial charge in [-0.1, -0.05) is 63.2 Å². The van der Waals surface area contributed by atoms with Crippen LogP contribution in [0.2, 0.25) is 0 Å². The van der Waals surface area contributed by atoms with Crippen molar-refractivity contribution in [1.29, 1.82) is 0 Å². The first-order valence-electron chi connectivity index (χ1n) is 11.0. The molecule has 2 amide bonds. The Balaban J connectivity index is 1.85. The maximum Gasteiger partial charge on any atom is 0.282 e. The SMILES string of the molecule is CCN(C1=C(c2ccc(F)cc2)C(=O)N(c2ccc(C(C)(C)C)cc2)C1=O)c1ccccc1. The topological polar surface area (TPSA) is 40.6 Å². The minimum atomic E-state index is -0.417. The first-order valence-corrected chi connectivity index (χ1v) is 11.0. The molecular formula is C28H27FN2O2. The Hall–Kier alpha value is -3.73. The molecule has 1 aliphatic heterocycles. The molecule has 1 aliphatic rings. The third-order valence-electron chi connectivity index (χ3n) is 5.84. The fraction of sp³-hybridized carbons (Fsp3) is 0.214. The fourth-order valence-electron chi connectivity index (χ4n) is 4.07. The molecule has 0 saturated heterocycles. The van der Waals surface area contributed by atoms with Crippen molar-refractivity contribution in [1.82, 2.24) is 0 Å². The van der Waals surface area contributed by atoms with Gasteiger partial charge in [-0.05, 0) is 59.9 Å². The Kier molecular flexibility index (Phi) is 5.90. The molecule has 3 aromatic carbocycles. The number of anilines is 2. The summed E-state index contributed by atoms with van der Waals surface area (Å²) < 4.78 is 13.6. The van der Waals surface area contributed by atoms with Gasteiger partial charge in [0.25, 0.3) is 11.8 Å². The van der Waals surface area contributed by atoms with Crippen molar-refractivity contribution in [3.8, 4) is 0 Å². The summed E-state index contributed by atoms with van der Waals surface area (Å²) in [5, 5.41) is 0. The maximum absolute atomic E-state index is 13.8. The number of likely N-dealkylation sites (N-methyl/N-ethyl adjacent to an activating group) is 1. The number of rotatable bonds is 5. The summed E-state index contributed by atoms with van der Waals surface area (Å²) in [6, 6.07) is 22.7. The van der Waals surface area contributed by atoms with Crippen molar-refractivity contribution >= 4 is 28.8 Å². The van der Waals surface area contributed by atoms with Crippen LogP contribution in [0, 0.1) is 5.82 Å². The van der Waals surface area contributed by atoms with E-state index in [1.54, 1.807) is 24.3 Å². The smallest absolute Gasteiger partial charge is 0.282 e. The van der Waals surface area contributed by atoms with Crippen molar-refractivity contribution in [2.75, 3.05) is 16.3 Å². The zero-order chi connectivity index (χ0) is 23.8. The zero-order valence-electron chi connectivity index (χ0n) is 19.3. The van der Waals surface area contributed by atoms with E-state index in [1.807, 2.05) is 54.3 Å². The van der Waals surface area contributed by atoms with E-state index in [4.69, 9.17) is 0 Å². The summed E-state index contributed by atoms with van der Waals surface area (Å²) in [4.78, 5) is 30.5. The van der Waals surface area contributed by atoms with Gasteiger partial charge in [-0.3, -0.25) is 9.59 Å². The highest BCUT2D eigenvalue weighted by molar-refractivity contribution is 6.46. The molecule has 0 saturated carbocycles. The molecule has 3 aromatic rings. The van der Waals surface area contributed by atoms with Crippen LogP contribution in [-0.4, -0.2) is 18.4 Å². The van der Waals surface area contributed by atoms with E-state index >= 15 is 0 Å². The maximum atomic E-state index is 13.8. The summed E-state index contributed by atoms with van der Waals surface area (Å²) >= 11 is 0. The molecule has 0 unspecified atom stereocenters. The van der Waals surface area contributed by atoms with Gasteiger partial charge in [-0.25, -0.2) is 9.29 Å². The summed E-state index contributed by atoms with van der Waals surface area (Å²) in [5.74, 6) is -1.21. The monoisotopic (exact) mass is 442 g/mol. The first kappa shape index (κ1) is 22.5. The molecule has 0 spiro atoms. The molecule has 0 aromatic heterocycles. The van der Waals surface area contributed by atoms with Gasteiger partial charge in [-0.15, -0.1) is 0 Å². The Morgan fingerprint density at radius 2 is 1.42 bits per heavy atom. The van der Waals surface area contributed by atoms with Crippen LogP contribution in [0.5, 0.6) is 0 Å². The largest absolute Gasteiger partial charge is 0.337 e. The molecule has 0 N–H and O–H groups in total. The van der Waals surface area contributed by atoms with Crippen LogP contribution in [0.25, 0.3) is 5.57 Å². The van der Waals surface area contributed by atoms with E-state index in [2.05, 4.69) is 20.8 Å². The summed E-state index contributed by atoms with van der Waals surface area (Å²) in [6.07, 6.45) is 0. The number of hydrogen-bond donors (Lipinski definition) is 0. The van der Waals surface area contributed by atoms with Gasteiger partial charge in [0.05, 0.1) is 11.3 Å². The molecular weight excluding hydrogens is 415 g/mol. The molecule has 0 radical (unpaired) electrons. The van der Waals surface area contributed by atoms with Crippen molar-refractivity contribution in [3.63, 3.8) is 0 Å². The lowest BCUT2D eigenvalue weighted by molar-refractivity contribution is -0.120. The highest BCUT2D eigenvalue weighted by Gasteiger charge is 2.42. The average Bonchev–Trinajstić information content (AvgIpc) is 3.05. The summed E-state index contributed by atoms with van der Waals surface area (Å²) in [5.41, 5.74) is 3.44. The van der Waals surface area contributed by atoms with E-state index in [0.29, 0.717) is 23.5 Å². The zero-order valence-corrected chi connectivity index (χ0v) is 19.3. The van der Waals surface area contributed by atoms with Gasteiger partial charge in [0.2, 0.25) is 0 Å². The lowest BCUT2D eigenvalue weighted by Crippen LogP contribution is -2.35. The average molecular weight is 443 g/mol. The highest BCUT2D eigenvalue weighted by Crippen LogP contribution is 2.37. The molecule has 168 valence electrons. The van der Waals surface area contributed by atoms with Gasteiger partial charge in [0.15, 0.2) is 0 Å². The number of halogens is 1. The summed E-state index contributed by atoms with van der Waals surface area (Å²) in [7, 11) is 0. The minimum absolute atomic E-state index is 0.0490. The molecule has 0 atom stereocenters. The summed E-state index contributed by atoms with van der Waals surface area (Å²) in [6.45, 7) is 8.75. The Bertz CT molecular complexity index is 1210. The third kappa shape index (κ3) is 4.19. The molecule has 33 heavy (non-hydrogen) atoms. The van der Waals surface area contributed by atoms with Crippen LogP contribution in [0.1, 0.15) is 38.8 Å². The van der Waals surface area contributed by atoms with E-state index in [-0.39, 0.29) is 11.0 Å². The normalized spacial score (nSPS) is 14.3. The quantitative estimate of drug-likeness (QED) is 0.460. The number of imide groups is 1. The Morgan fingerprint density at radius 3 is 1.97 bits per heavy atom. The van der Waals surface area contributed by atoms with Crippen LogP contribution in [0.3, 0.4) is 0 Å². The van der Waals surface area contributed by atoms with E-state index in [0.717, 1.165) is 11.3 Å². The highest BCUT2D eigenvalue weighted by atomic mass is 19.1. The number of carbonyl (C=O) groups is 2. The van der Waals surface area contributed by atoms with Gasteiger partial charge >= 0.3 is 0 Å². The molecule has 0 fully saturated rings. The number of benzene rings is 3. The standard InChI is InChI=1S/C28H27FN2O2/c1-5-30(22-9-7-6-8-10-22)25-24(19-11-15-21(29)16-12-19)26(32)31(27(25)33)23-17-13-20(14-18-23)28(2,3)4/h6-18H,5H2,1-4H3. The fourth-order valence-corrected chi connectivity index (χ4v) is 4.07. The van der Waals surface area contributed by atoms with Crippen LogP contribution in [0.4, 0.5) is 15.8 Å². The number of amides is 2. The molecule has 5 heteroatoms. The Labute approximate surface area is 194 Å². The van der Waals surface area contributed by atoms with Gasteiger partial charge in [-0.2, -0.15) is 0 Å². The van der Waals surface area contributed by atoms with Gasteiger partial charge in [0.1, 0.15) is 11.5 Å². The molecule has 0 bridgehead atoms. The van der Waals surface area contributed by atoms with Crippen molar-refractivity contribution in [3.05, 3.63) is 102 Å². The third-order valence-corrected chi connectivity index (χ3v) is 5.84. The second kappa shape index (κ2) is 8.66. The minimum Gasteiger partial charge on any atom is -0.337 e. The van der Waals surface area contributed by atoms with Crippen molar-refractivity contribution < 1.29 is 14.0 Å². The predicted molar refractivity (Wildman–Crippen MR) is 130 cm³/mol. The van der Waals surface area contributed by atoms with Crippen LogP contribution >= 0.6 is 0 Å². The number of hydrogen-bond acceptors (Lipinski definition) is 3. The van der Waals surface area contributed by atoms with Crippen molar-refractivity contribution in [2.45, 2.75) is 33.1 Å². The van der Waals surface area contributed by atoms with Crippen LogP contribution < -0.4 is 9.80 Å². The van der Waals surface area contributed by atoms with Crippen LogP contribution in [-0.2, 0) is 15.0 Å². The van der Waals surface area contributed by atoms with Gasteiger partial charge < -0.3 is 4.90 Å². The van der Waals surface area contributed by atoms with E-state index < -0.39 is 17.6 Å². The lowest BCUT2D eigenvalue weighted by Gasteiger charge is -2.25. The molecule has 1 heterocycles.